The molecule has 5 nitrogen and oxygen atoms in total. The van der Waals surface area contributed by atoms with Gasteiger partial charge < -0.3 is 9.47 Å². The molecule has 0 N–H and O–H groups in total. The summed E-state index contributed by atoms with van der Waals surface area (Å²) < 4.78 is 9.70. The van der Waals surface area contributed by atoms with E-state index >= 15 is 0 Å². The summed E-state index contributed by atoms with van der Waals surface area (Å²) >= 11 is 0. The molecule has 0 fully saturated rings. The van der Waals surface area contributed by atoms with Crippen LogP contribution in [0.4, 0.5) is 0 Å². The number of nitriles is 2. The Morgan fingerprint density at radius 2 is 1.85 bits per heavy atom. The maximum Gasteiger partial charge on any atom is 0.146 e. The molecule has 0 rings (SSSR count). The van der Waals surface area contributed by atoms with E-state index in [1.807, 2.05) is 12.1 Å². The lowest BCUT2D eigenvalue weighted by Crippen LogP contribution is -2.28. The molecule has 0 saturated carbocycles. The number of hydrogen-bond donors (Lipinski definition) is 0. The SMILES string of the molecule is COCOCCN(CC#N)CC#N. The van der Waals surface area contributed by atoms with Gasteiger partial charge in [0.2, 0.25) is 0 Å². The summed E-state index contributed by atoms with van der Waals surface area (Å²) in [6.45, 7) is 1.79. The fraction of sp³-hybridized carbons (Fsp3) is 0.750. The second kappa shape index (κ2) is 8.95. The number of ether oxygens (including phenoxy) is 2. The van der Waals surface area contributed by atoms with Crippen LogP contribution in [0.25, 0.3) is 0 Å². The van der Waals surface area contributed by atoms with E-state index in [0.717, 1.165) is 0 Å². The molecule has 0 aromatic carbocycles. The first-order valence-corrected chi connectivity index (χ1v) is 3.88. The second-order valence-electron chi connectivity index (χ2n) is 2.34. The highest BCUT2D eigenvalue weighted by Crippen LogP contribution is 1.86. The topological polar surface area (TPSA) is 69.3 Å². The monoisotopic (exact) mass is 183 g/mol. The van der Waals surface area contributed by atoms with Crippen LogP contribution in [0.2, 0.25) is 0 Å². The predicted molar refractivity (Wildman–Crippen MR) is 45.5 cm³/mol. The molecule has 0 unspecified atom stereocenters. The van der Waals surface area contributed by atoms with E-state index in [-0.39, 0.29) is 19.9 Å². The highest BCUT2D eigenvalue weighted by atomic mass is 16.7. The Balaban J connectivity index is 3.47. The van der Waals surface area contributed by atoms with Gasteiger partial charge in [0.05, 0.1) is 31.8 Å². The van der Waals surface area contributed by atoms with Crippen molar-refractivity contribution in [3.8, 4) is 12.1 Å². The fourth-order valence-electron chi connectivity index (χ4n) is 0.750. The van der Waals surface area contributed by atoms with Crippen LogP contribution < -0.4 is 0 Å². The van der Waals surface area contributed by atoms with Crippen LogP contribution >= 0.6 is 0 Å². The van der Waals surface area contributed by atoms with Gasteiger partial charge in [0.25, 0.3) is 0 Å². The fourth-order valence-corrected chi connectivity index (χ4v) is 0.750. The Bertz CT molecular complexity index is 179. The van der Waals surface area contributed by atoms with Crippen molar-refractivity contribution in [3.63, 3.8) is 0 Å². The zero-order valence-corrected chi connectivity index (χ0v) is 7.69. The minimum Gasteiger partial charge on any atom is -0.359 e. The molecule has 0 aliphatic rings. The molecular weight excluding hydrogens is 170 g/mol. The van der Waals surface area contributed by atoms with Crippen LogP contribution in [-0.4, -0.2) is 45.0 Å². The van der Waals surface area contributed by atoms with Gasteiger partial charge in [-0.15, -0.1) is 0 Å². The van der Waals surface area contributed by atoms with E-state index in [1.165, 1.54) is 0 Å². The summed E-state index contributed by atoms with van der Waals surface area (Å²) in [6, 6.07) is 3.96. The average molecular weight is 183 g/mol. The minimum atomic E-state index is 0.243. The number of nitrogens with zero attached hydrogens (tertiary/aromatic N) is 3. The molecule has 0 bridgehead atoms. The van der Waals surface area contributed by atoms with Gasteiger partial charge in [0.1, 0.15) is 6.79 Å². The molecule has 0 saturated heterocycles. The van der Waals surface area contributed by atoms with Crippen molar-refractivity contribution in [1.29, 1.82) is 10.5 Å². The van der Waals surface area contributed by atoms with Crippen molar-refractivity contribution in [3.05, 3.63) is 0 Å². The van der Waals surface area contributed by atoms with Crippen molar-refractivity contribution in [2.45, 2.75) is 0 Å². The van der Waals surface area contributed by atoms with Crippen molar-refractivity contribution in [1.82, 2.24) is 4.90 Å². The standard InChI is InChI=1S/C8H13N3O2/c1-12-8-13-7-6-11(4-2-9)5-3-10/h4-8H2,1H3. The molecule has 13 heavy (non-hydrogen) atoms. The lowest BCUT2D eigenvalue weighted by Gasteiger charge is -2.14. The van der Waals surface area contributed by atoms with Crippen LogP contribution in [0, 0.1) is 22.7 Å². The Labute approximate surface area is 78.1 Å². The van der Waals surface area contributed by atoms with E-state index in [9.17, 15) is 0 Å². The first kappa shape index (κ1) is 11.9. The average Bonchev–Trinajstić information content (AvgIpc) is 2.13. The minimum absolute atomic E-state index is 0.243. The molecule has 0 spiro atoms. The van der Waals surface area contributed by atoms with E-state index in [1.54, 1.807) is 12.0 Å². The van der Waals surface area contributed by atoms with Crippen LogP contribution in [0.1, 0.15) is 0 Å². The quantitative estimate of drug-likeness (QED) is 0.314. The molecule has 0 aliphatic heterocycles. The Hall–Kier alpha value is -1.14. The largest absolute Gasteiger partial charge is 0.359 e. The third-order valence-corrected chi connectivity index (χ3v) is 1.34. The van der Waals surface area contributed by atoms with E-state index in [2.05, 4.69) is 4.74 Å². The van der Waals surface area contributed by atoms with Gasteiger partial charge >= 0.3 is 0 Å². The predicted octanol–water partition coefficient (Wildman–Crippen LogP) is -0.0439. The second-order valence-corrected chi connectivity index (χ2v) is 2.34. The van der Waals surface area contributed by atoms with Gasteiger partial charge in [-0.25, -0.2) is 0 Å². The summed E-state index contributed by atoms with van der Waals surface area (Å²) in [5, 5.41) is 16.8. The first-order chi connectivity index (χ1) is 6.35. The van der Waals surface area contributed by atoms with E-state index in [4.69, 9.17) is 15.3 Å². The maximum absolute atomic E-state index is 8.40. The van der Waals surface area contributed by atoms with E-state index in [0.29, 0.717) is 13.2 Å². The maximum atomic E-state index is 8.40. The molecule has 0 atom stereocenters. The molecule has 5 heteroatoms. The van der Waals surface area contributed by atoms with Crippen LogP contribution in [-0.2, 0) is 9.47 Å². The van der Waals surface area contributed by atoms with Gasteiger partial charge in [-0.3, -0.25) is 4.90 Å². The van der Waals surface area contributed by atoms with Gasteiger partial charge in [-0.2, -0.15) is 10.5 Å². The first-order valence-electron chi connectivity index (χ1n) is 3.88. The van der Waals surface area contributed by atoms with Gasteiger partial charge in [0.15, 0.2) is 0 Å². The summed E-state index contributed by atoms with van der Waals surface area (Å²) in [6.07, 6.45) is 0. The number of methoxy groups -OCH3 is 1. The van der Waals surface area contributed by atoms with Crippen molar-refractivity contribution in [2.75, 3.05) is 40.1 Å². The molecule has 0 radical (unpaired) electrons. The molecule has 0 heterocycles. The van der Waals surface area contributed by atoms with Gasteiger partial charge in [0, 0.05) is 13.7 Å². The number of hydrogen-bond acceptors (Lipinski definition) is 5. The van der Waals surface area contributed by atoms with Crippen molar-refractivity contribution in [2.24, 2.45) is 0 Å². The normalized spacial score (nSPS) is 9.54. The molecule has 0 amide bonds. The highest BCUT2D eigenvalue weighted by Gasteiger charge is 2.01. The lowest BCUT2D eigenvalue weighted by atomic mass is 10.5. The highest BCUT2D eigenvalue weighted by molar-refractivity contribution is 4.83. The summed E-state index contributed by atoms with van der Waals surface area (Å²) in [5.41, 5.74) is 0. The zero-order valence-electron chi connectivity index (χ0n) is 7.69. The van der Waals surface area contributed by atoms with Crippen LogP contribution in [0.15, 0.2) is 0 Å². The lowest BCUT2D eigenvalue weighted by molar-refractivity contribution is -0.0351. The smallest absolute Gasteiger partial charge is 0.146 e. The summed E-state index contributed by atoms with van der Waals surface area (Å²) in [5.74, 6) is 0. The molecule has 72 valence electrons. The van der Waals surface area contributed by atoms with Gasteiger partial charge in [-0.05, 0) is 0 Å². The number of rotatable bonds is 7. The molecule has 0 aromatic rings. The van der Waals surface area contributed by atoms with Crippen molar-refractivity contribution >= 4 is 0 Å². The Morgan fingerprint density at radius 3 is 2.31 bits per heavy atom. The summed E-state index contributed by atoms with van der Waals surface area (Å²) in [7, 11) is 1.54. The van der Waals surface area contributed by atoms with Crippen LogP contribution in [0.5, 0.6) is 0 Å². The molecular formula is C8H13N3O2. The molecule has 0 aliphatic carbocycles. The zero-order chi connectivity index (χ0) is 9.94. The van der Waals surface area contributed by atoms with Crippen LogP contribution in [0.3, 0.4) is 0 Å². The third kappa shape index (κ3) is 7.23. The Kier molecular flexibility index (Phi) is 8.17. The van der Waals surface area contributed by atoms with E-state index < -0.39 is 0 Å². The van der Waals surface area contributed by atoms with Crippen molar-refractivity contribution < 1.29 is 9.47 Å². The molecule has 0 aromatic heterocycles. The van der Waals surface area contributed by atoms with Gasteiger partial charge in [-0.1, -0.05) is 0 Å². The summed E-state index contributed by atoms with van der Waals surface area (Å²) in [4.78, 5) is 1.70. The Morgan fingerprint density at radius 1 is 1.23 bits per heavy atom. The third-order valence-electron chi connectivity index (χ3n) is 1.34.